The summed E-state index contributed by atoms with van der Waals surface area (Å²) in [4.78, 5) is 25.4. The smallest absolute Gasteiger partial charge is 0.253 e. The first-order valence-corrected chi connectivity index (χ1v) is 10.1. The molecule has 0 fully saturated rings. The quantitative estimate of drug-likeness (QED) is 0.440. The van der Waals surface area contributed by atoms with E-state index in [9.17, 15) is 9.59 Å². The molecule has 4 nitrogen and oxygen atoms in total. The van der Waals surface area contributed by atoms with Crippen LogP contribution in [0.5, 0.6) is 0 Å². The molecular formula is C24H19BrN2O2. The summed E-state index contributed by atoms with van der Waals surface area (Å²) in [6.07, 6.45) is 0.323. The van der Waals surface area contributed by atoms with Gasteiger partial charge in [0, 0.05) is 10.9 Å². The van der Waals surface area contributed by atoms with Crippen LogP contribution in [0.2, 0.25) is 0 Å². The Morgan fingerprint density at radius 3 is 2.07 bits per heavy atom. The van der Waals surface area contributed by atoms with Crippen LogP contribution in [0.4, 0.5) is 0 Å². The average Bonchev–Trinajstić information content (AvgIpc) is 2.71. The standard InChI is InChI=1S/C24H19BrN2O2/c25-18-9-5-6-15(12-18)13-21(23(26)28)27-24(29)22-19-10-3-1-7-16(19)14-17-8-2-4-11-20(17)22/h1-12,14,21H,13H2,(H2,26,28)(H,27,29)/t21-/m1/s1. The molecule has 0 saturated carbocycles. The van der Waals surface area contributed by atoms with E-state index < -0.39 is 11.9 Å². The Morgan fingerprint density at radius 2 is 1.48 bits per heavy atom. The second-order valence-electron chi connectivity index (χ2n) is 6.96. The van der Waals surface area contributed by atoms with Gasteiger partial charge in [-0.05, 0) is 45.3 Å². The minimum absolute atomic E-state index is 0.309. The van der Waals surface area contributed by atoms with Crippen molar-refractivity contribution in [2.24, 2.45) is 5.73 Å². The van der Waals surface area contributed by atoms with Crippen molar-refractivity contribution in [1.82, 2.24) is 5.32 Å². The second kappa shape index (κ2) is 8.05. The van der Waals surface area contributed by atoms with Crippen molar-refractivity contribution in [2.45, 2.75) is 12.5 Å². The van der Waals surface area contributed by atoms with Crippen molar-refractivity contribution >= 4 is 49.3 Å². The first kappa shape index (κ1) is 19.2. The topological polar surface area (TPSA) is 72.2 Å². The van der Waals surface area contributed by atoms with Gasteiger partial charge in [-0.3, -0.25) is 9.59 Å². The maximum absolute atomic E-state index is 13.3. The molecule has 144 valence electrons. The van der Waals surface area contributed by atoms with Crippen LogP contribution < -0.4 is 11.1 Å². The SMILES string of the molecule is NC(=O)[C@@H](Cc1cccc(Br)c1)NC(=O)c1c2ccccc2cc2ccccc12. The van der Waals surface area contributed by atoms with Gasteiger partial charge in [0.05, 0.1) is 5.56 Å². The van der Waals surface area contributed by atoms with Crippen LogP contribution in [0.1, 0.15) is 15.9 Å². The molecule has 1 atom stereocenters. The maximum atomic E-state index is 13.3. The number of halogens is 1. The molecule has 0 heterocycles. The molecule has 0 bridgehead atoms. The van der Waals surface area contributed by atoms with E-state index in [1.54, 1.807) is 0 Å². The van der Waals surface area contributed by atoms with E-state index in [0.29, 0.717) is 12.0 Å². The predicted molar refractivity (Wildman–Crippen MR) is 120 cm³/mol. The molecule has 29 heavy (non-hydrogen) atoms. The van der Waals surface area contributed by atoms with Gasteiger partial charge in [-0.1, -0.05) is 76.6 Å². The van der Waals surface area contributed by atoms with Gasteiger partial charge in [-0.2, -0.15) is 0 Å². The summed E-state index contributed by atoms with van der Waals surface area (Å²) < 4.78 is 0.907. The monoisotopic (exact) mass is 446 g/mol. The van der Waals surface area contributed by atoms with Crippen LogP contribution in [-0.2, 0) is 11.2 Å². The average molecular weight is 447 g/mol. The molecule has 0 aliphatic rings. The van der Waals surface area contributed by atoms with E-state index in [-0.39, 0.29) is 5.91 Å². The third kappa shape index (κ3) is 4.00. The van der Waals surface area contributed by atoms with Crippen molar-refractivity contribution in [3.63, 3.8) is 0 Å². The summed E-state index contributed by atoms with van der Waals surface area (Å²) >= 11 is 3.43. The number of hydrogen-bond acceptors (Lipinski definition) is 2. The zero-order valence-electron chi connectivity index (χ0n) is 15.6. The van der Waals surface area contributed by atoms with Crippen LogP contribution in [0.25, 0.3) is 21.5 Å². The highest BCUT2D eigenvalue weighted by atomic mass is 79.9. The van der Waals surface area contributed by atoms with Crippen molar-refractivity contribution in [3.8, 4) is 0 Å². The molecule has 0 unspecified atom stereocenters. The fraction of sp³-hybridized carbons (Fsp3) is 0.0833. The summed E-state index contributed by atoms with van der Waals surface area (Å²) in [5.41, 5.74) is 7.07. The number of amides is 2. The molecule has 0 spiro atoms. The number of carbonyl (C=O) groups is 2. The number of hydrogen-bond donors (Lipinski definition) is 2. The highest BCUT2D eigenvalue weighted by Crippen LogP contribution is 2.28. The largest absolute Gasteiger partial charge is 0.368 e. The molecule has 2 amide bonds. The van der Waals surface area contributed by atoms with E-state index in [4.69, 9.17) is 5.73 Å². The van der Waals surface area contributed by atoms with E-state index in [2.05, 4.69) is 27.3 Å². The summed E-state index contributed by atoms with van der Waals surface area (Å²) in [6.45, 7) is 0. The molecular weight excluding hydrogens is 428 g/mol. The molecule has 5 heteroatoms. The van der Waals surface area contributed by atoms with E-state index >= 15 is 0 Å². The van der Waals surface area contributed by atoms with Gasteiger partial charge in [0.15, 0.2) is 0 Å². The Morgan fingerprint density at radius 1 is 0.862 bits per heavy atom. The molecule has 0 aliphatic carbocycles. The minimum Gasteiger partial charge on any atom is -0.368 e. The third-order valence-electron chi connectivity index (χ3n) is 4.98. The molecule has 0 saturated heterocycles. The highest BCUT2D eigenvalue weighted by Gasteiger charge is 2.22. The molecule has 4 aromatic carbocycles. The molecule has 0 aliphatic heterocycles. The summed E-state index contributed by atoms with van der Waals surface area (Å²) in [5, 5.41) is 6.48. The lowest BCUT2D eigenvalue weighted by Gasteiger charge is -2.18. The number of carbonyl (C=O) groups excluding carboxylic acids is 2. The van der Waals surface area contributed by atoms with E-state index in [1.807, 2.05) is 72.8 Å². The predicted octanol–water partition coefficient (Wildman–Crippen LogP) is 4.58. The Bertz CT molecular complexity index is 1180. The number of benzene rings is 4. The van der Waals surface area contributed by atoms with E-state index in [0.717, 1.165) is 31.6 Å². The van der Waals surface area contributed by atoms with Crippen molar-refractivity contribution in [2.75, 3.05) is 0 Å². The lowest BCUT2D eigenvalue weighted by molar-refractivity contribution is -0.119. The maximum Gasteiger partial charge on any atom is 0.253 e. The second-order valence-corrected chi connectivity index (χ2v) is 7.87. The summed E-state index contributed by atoms with van der Waals surface area (Å²) in [6, 6.07) is 24.4. The molecule has 0 radical (unpaired) electrons. The summed E-state index contributed by atoms with van der Waals surface area (Å²) in [5.74, 6) is -0.875. The van der Waals surface area contributed by atoms with Crippen LogP contribution in [-0.4, -0.2) is 17.9 Å². The molecule has 4 rings (SSSR count). The van der Waals surface area contributed by atoms with Crippen molar-refractivity contribution in [1.29, 1.82) is 0 Å². The fourth-order valence-electron chi connectivity index (χ4n) is 3.61. The van der Waals surface area contributed by atoms with Crippen LogP contribution in [0.15, 0.2) is 83.3 Å². The van der Waals surface area contributed by atoms with Gasteiger partial charge in [-0.25, -0.2) is 0 Å². The third-order valence-corrected chi connectivity index (χ3v) is 5.47. The zero-order chi connectivity index (χ0) is 20.4. The summed E-state index contributed by atoms with van der Waals surface area (Å²) in [7, 11) is 0. The minimum atomic E-state index is -0.811. The Kier molecular flexibility index (Phi) is 5.32. The number of fused-ring (bicyclic) bond motifs is 2. The number of nitrogens with two attached hydrogens (primary N) is 1. The Hall–Kier alpha value is -3.18. The van der Waals surface area contributed by atoms with Gasteiger partial charge >= 0.3 is 0 Å². The number of primary amides is 1. The number of rotatable bonds is 5. The first-order valence-electron chi connectivity index (χ1n) is 9.28. The highest BCUT2D eigenvalue weighted by molar-refractivity contribution is 9.10. The fourth-order valence-corrected chi connectivity index (χ4v) is 4.06. The Balaban J connectivity index is 1.74. The number of nitrogens with one attached hydrogen (secondary N) is 1. The van der Waals surface area contributed by atoms with Crippen molar-refractivity contribution in [3.05, 3.63) is 94.5 Å². The van der Waals surface area contributed by atoms with Crippen LogP contribution >= 0.6 is 15.9 Å². The Labute approximate surface area is 176 Å². The molecule has 3 N–H and O–H groups in total. The van der Waals surface area contributed by atoms with Gasteiger partial charge in [-0.15, -0.1) is 0 Å². The molecule has 4 aromatic rings. The normalized spacial score (nSPS) is 12.0. The lowest BCUT2D eigenvalue weighted by atomic mass is 9.95. The van der Waals surface area contributed by atoms with Crippen molar-refractivity contribution < 1.29 is 9.59 Å². The van der Waals surface area contributed by atoms with Crippen LogP contribution in [0, 0.1) is 0 Å². The van der Waals surface area contributed by atoms with Gasteiger partial charge in [0.2, 0.25) is 5.91 Å². The van der Waals surface area contributed by atoms with Gasteiger partial charge in [0.1, 0.15) is 6.04 Å². The zero-order valence-corrected chi connectivity index (χ0v) is 17.1. The van der Waals surface area contributed by atoms with E-state index in [1.165, 1.54) is 0 Å². The first-order chi connectivity index (χ1) is 14.0. The lowest BCUT2D eigenvalue weighted by Crippen LogP contribution is -2.46. The molecule has 0 aromatic heterocycles. The van der Waals surface area contributed by atoms with Gasteiger partial charge in [0.25, 0.3) is 5.91 Å². The van der Waals surface area contributed by atoms with Gasteiger partial charge < -0.3 is 11.1 Å². The van der Waals surface area contributed by atoms with Crippen LogP contribution in [0.3, 0.4) is 0 Å².